The molecule has 0 atom stereocenters. The summed E-state index contributed by atoms with van der Waals surface area (Å²) in [5.41, 5.74) is 0.705. The predicted molar refractivity (Wildman–Crippen MR) is 76.0 cm³/mol. The van der Waals surface area contributed by atoms with Crippen LogP contribution in [0.1, 0.15) is 5.56 Å². The van der Waals surface area contributed by atoms with Crippen molar-refractivity contribution in [2.45, 2.75) is 0 Å². The number of rotatable bonds is 5. The van der Waals surface area contributed by atoms with Gasteiger partial charge < -0.3 is 14.2 Å². The van der Waals surface area contributed by atoms with Crippen molar-refractivity contribution >= 4 is 24.0 Å². The molecule has 0 saturated carbocycles. The standard InChI is InChI=1S/C15H15NO6/c1-20-12-5-3-2-4-11(12)6-7-14(18)22-10-13(17)16-8-9-21-15(16)19/h2-7H,8-10H2,1H3/b7-6+. The fourth-order valence-electron chi connectivity index (χ4n) is 1.84. The molecule has 0 N–H and O–H groups in total. The first-order valence-electron chi connectivity index (χ1n) is 6.57. The number of esters is 1. The Morgan fingerprint density at radius 1 is 1.36 bits per heavy atom. The van der Waals surface area contributed by atoms with Crippen molar-refractivity contribution < 1.29 is 28.6 Å². The number of nitrogens with zero attached hydrogens (tertiary/aromatic N) is 1. The van der Waals surface area contributed by atoms with E-state index in [-0.39, 0.29) is 13.2 Å². The SMILES string of the molecule is COc1ccccc1/C=C/C(=O)OCC(=O)N1CCOC1=O. The lowest BCUT2D eigenvalue weighted by molar-refractivity contribution is -0.146. The summed E-state index contributed by atoms with van der Waals surface area (Å²) in [5.74, 6) is -0.684. The van der Waals surface area contributed by atoms with Crippen molar-refractivity contribution in [1.82, 2.24) is 4.90 Å². The van der Waals surface area contributed by atoms with E-state index < -0.39 is 24.6 Å². The number of amides is 2. The van der Waals surface area contributed by atoms with E-state index in [0.717, 1.165) is 4.90 Å². The number of methoxy groups -OCH3 is 1. The Bertz CT molecular complexity index is 610. The van der Waals surface area contributed by atoms with Crippen LogP contribution in [0.2, 0.25) is 0 Å². The summed E-state index contributed by atoms with van der Waals surface area (Å²) in [7, 11) is 1.53. The zero-order chi connectivity index (χ0) is 15.9. The number of benzene rings is 1. The summed E-state index contributed by atoms with van der Waals surface area (Å²) in [6, 6.07) is 7.14. The molecule has 2 rings (SSSR count). The highest BCUT2D eigenvalue weighted by molar-refractivity contribution is 5.95. The van der Waals surface area contributed by atoms with Crippen LogP contribution >= 0.6 is 0 Å². The van der Waals surface area contributed by atoms with Crippen LogP contribution in [-0.4, -0.2) is 49.7 Å². The predicted octanol–water partition coefficient (Wildman–Crippen LogP) is 1.23. The van der Waals surface area contributed by atoms with Gasteiger partial charge in [0.15, 0.2) is 6.61 Å². The van der Waals surface area contributed by atoms with Crippen LogP contribution in [0.4, 0.5) is 4.79 Å². The van der Waals surface area contributed by atoms with Gasteiger partial charge in [-0.25, -0.2) is 14.5 Å². The number of hydrogen-bond acceptors (Lipinski definition) is 6. The summed E-state index contributed by atoms with van der Waals surface area (Å²) in [5, 5.41) is 0. The molecule has 1 aromatic rings. The molecule has 0 aromatic heterocycles. The maximum Gasteiger partial charge on any atom is 0.416 e. The normalized spacial score (nSPS) is 14.0. The van der Waals surface area contributed by atoms with Gasteiger partial charge >= 0.3 is 12.1 Å². The molecule has 0 radical (unpaired) electrons. The third-order valence-corrected chi connectivity index (χ3v) is 2.94. The Morgan fingerprint density at radius 2 is 2.14 bits per heavy atom. The highest BCUT2D eigenvalue weighted by Gasteiger charge is 2.28. The average Bonchev–Trinajstić information content (AvgIpc) is 2.97. The van der Waals surface area contributed by atoms with Crippen LogP contribution in [0.25, 0.3) is 6.08 Å². The first kappa shape index (κ1) is 15.6. The van der Waals surface area contributed by atoms with Crippen molar-refractivity contribution in [3.8, 4) is 5.75 Å². The van der Waals surface area contributed by atoms with Crippen LogP contribution in [-0.2, 0) is 19.1 Å². The van der Waals surface area contributed by atoms with Crippen LogP contribution in [0, 0.1) is 0 Å². The van der Waals surface area contributed by atoms with E-state index in [4.69, 9.17) is 9.47 Å². The second-order valence-electron chi connectivity index (χ2n) is 4.34. The average molecular weight is 305 g/mol. The van der Waals surface area contributed by atoms with E-state index in [9.17, 15) is 14.4 Å². The van der Waals surface area contributed by atoms with E-state index >= 15 is 0 Å². The lowest BCUT2D eigenvalue weighted by atomic mass is 10.2. The van der Waals surface area contributed by atoms with Crippen LogP contribution in [0.15, 0.2) is 30.3 Å². The highest BCUT2D eigenvalue weighted by atomic mass is 16.6. The molecule has 0 unspecified atom stereocenters. The summed E-state index contributed by atoms with van der Waals surface area (Å²) in [6.07, 6.45) is 1.99. The maximum atomic E-state index is 11.6. The third-order valence-electron chi connectivity index (χ3n) is 2.94. The topological polar surface area (TPSA) is 82.1 Å². The zero-order valence-electron chi connectivity index (χ0n) is 12.0. The van der Waals surface area contributed by atoms with E-state index in [0.29, 0.717) is 11.3 Å². The van der Waals surface area contributed by atoms with Gasteiger partial charge in [0.1, 0.15) is 12.4 Å². The molecule has 1 saturated heterocycles. The summed E-state index contributed by atoms with van der Waals surface area (Å²) in [4.78, 5) is 35.3. The van der Waals surface area contributed by atoms with Gasteiger partial charge in [0.25, 0.3) is 5.91 Å². The molecular weight excluding hydrogens is 290 g/mol. The molecule has 1 heterocycles. The number of ether oxygens (including phenoxy) is 3. The molecule has 0 bridgehead atoms. The van der Waals surface area contributed by atoms with Crippen LogP contribution in [0.5, 0.6) is 5.75 Å². The molecule has 1 aromatic carbocycles. The van der Waals surface area contributed by atoms with Gasteiger partial charge in [-0.2, -0.15) is 0 Å². The lowest BCUT2D eigenvalue weighted by Gasteiger charge is -2.09. The quantitative estimate of drug-likeness (QED) is 0.601. The fraction of sp³-hybridized carbons (Fsp3) is 0.267. The monoisotopic (exact) mass is 305 g/mol. The van der Waals surface area contributed by atoms with Crippen LogP contribution in [0.3, 0.4) is 0 Å². The minimum Gasteiger partial charge on any atom is -0.496 e. The Morgan fingerprint density at radius 3 is 2.82 bits per heavy atom. The number of carbonyl (C=O) groups is 3. The van der Waals surface area contributed by atoms with Gasteiger partial charge in [-0.1, -0.05) is 18.2 Å². The molecule has 7 nitrogen and oxygen atoms in total. The summed E-state index contributed by atoms with van der Waals surface area (Å²) in [6.45, 7) is -0.178. The van der Waals surface area contributed by atoms with Crippen molar-refractivity contribution in [2.75, 3.05) is 26.9 Å². The third kappa shape index (κ3) is 3.85. The van der Waals surface area contributed by atoms with Crippen molar-refractivity contribution in [2.24, 2.45) is 0 Å². The highest BCUT2D eigenvalue weighted by Crippen LogP contribution is 2.18. The van der Waals surface area contributed by atoms with Gasteiger partial charge in [-0.15, -0.1) is 0 Å². The van der Waals surface area contributed by atoms with E-state index in [2.05, 4.69) is 4.74 Å². The van der Waals surface area contributed by atoms with Crippen molar-refractivity contribution in [1.29, 1.82) is 0 Å². The Labute approximate surface area is 127 Å². The Hall–Kier alpha value is -2.83. The fourth-order valence-corrected chi connectivity index (χ4v) is 1.84. The minimum atomic E-state index is -0.717. The van der Waals surface area contributed by atoms with Gasteiger partial charge in [0.05, 0.1) is 13.7 Å². The molecule has 0 spiro atoms. The van der Waals surface area contributed by atoms with Crippen molar-refractivity contribution in [3.05, 3.63) is 35.9 Å². The van der Waals surface area contributed by atoms with E-state index in [1.165, 1.54) is 19.3 Å². The molecular formula is C15H15NO6. The number of hydrogen-bond donors (Lipinski definition) is 0. The Balaban J connectivity index is 1.86. The van der Waals surface area contributed by atoms with E-state index in [1.54, 1.807) is 18.2 Å². The number of para-hydroxylation sites is 1. The van der Waals surface area contributed by atoms with Crippen LogP contribution < -0.4 is 4.74 Å². The molecule has 7 heteroatoms. The Kier molecular flexibility index (Phi) is 5.13. The van der Waals surface area contributed by atoms with Gasteiger partial charge in [-0.3, -0.25) is 4.79 Å². The number of imide groups is 1. The molecule has 0 aliphatic carbocycles. The minimum absolute atomic E-state index is 0.159. The zero-order valence-corrected chi connectivity index (χ0v) is 12.0. The summed E-state index contributed by atoms with van der Waals surface area (Å²) < 4.78 is 14.6. The lowest BCUT2D eigenvalue weighted by Crippen LogP contribution is -2.35. The molecule has 1 aliphatic rings. The smallest absolute Gasteiger partial charge is 0.416 e. The second-order valence-corrected chi connectivity index (χ2v) is 4.34. The maximum absolute atomic E-state index is 11.6. The van der Waals surface area contributed by atoms with Gasteiger partial charge in [0, 0.05) is 11.6 Å². The van der Waals surface area contributed by atoms with E-state index in [1.807, 2.05) is 6.07 Å². The van der Waals surface area contributed by atoms with Gasteiger partial charge in [0.2, 0.25) is 0 Å². The molecule has 2 amide bonds. The molecule has 1 aliphatic heterocycles. The van der Waals surface area contributed by atoms with Gasteiger partial charge in [-0.05, 0) is 12.1 Å². The molecule has 1 fully saturated rings. The molecule has 116 valence electrons. The number of cyclic esters (lactones) is 1. The first-order chi connectivity index (χ1) is 10.6. The number of carbonyl (C=O) groups excluding carboxylic acids is 3. The first-order valence-corrected chi connectivity index (χ1v) is 6.57. The summed E-state index contributed by atoms with van der Waals surface area (Å²) >= 11 is 0. The molecule has 22 heavy (non-hydrogen) atoms. The van der Waals surface area contributed by atoms with Crippen molar-refractivity contribution in [3.63, 3.8) is 0 Å². The largest absolute Gasteiger partial charge is 0.496 e. The second kappa shape index (κ2) is 7.26.